The molecule has 0 amide bonds. The number of aryl methyl sites for hydroxylation is 1. The molecular weight excluding hydrogens is 534 g/mol. The van der Waals surface area contributed by atoms with Gasteiger partial charge < -0.3 is 38.4 Å². The van der Waals surface area contributed by atoms with Crippen LogP contribution in [-0.2, 0) is 0 Å². The Morgan fingerprint density at radius 2 is 0.881 bits per heavy atom. The van der Waals surface area contributed by atoms with Gasteiger partial charge in [-0.25, -0.2) is 9.97 Å². The van der Waals surface area contributed by atoms with Crippen LogP contribution in [0.3, 0.4) is 0 Å². The van der Waals surface area contributed by atoms with Gasteiger partial charge in [-0.05, 0) is 6.92 Å². The highest BCUT2D eigenvalue weighted by Crippen LogP contribution is 2.37. The smallest absolute Gasteiger partial charge is 0.339 e. The van der Waals surface area contributed by atoms with E-state index in [9.17, 15) is 10.1 Å². The number of hydrogen-bond donors (Lipinski definition) is 2. The number of aromatic nitrogens is 2. The Balaban J connectivity index is 1.02. The van der Waals surface area contributed by atoms with Gasteiger partial charge in [0.2, 0.25) is 11.6 Å². The molecular formula is C29H53N11O2+4. The maximum absolute atomic E-state index is 12.6. The van der Waals surface area contributed by atoms with Gasteiger partial charge in [-0.3, -0.25) is 10.1 Å². The summed E-state index contributed by atoms with van der Waals surface area (Å²) >= 11 is 0. The third-order valence-electron chi connectivity index (χ3n) is 12.4. The van der Waals surface area contributed by atoms with Crippen molar-refractivity contribution in [3.05, 3.63) is 15.9 Å². The summed E-state index contributed by atoms with van der Waals surface area (Å²) < 4.78 is 4.89. The molecule has 13 nitrogen and oxygen atoms in total. The van der Waals surface area contributed by atoms with Gasteiger partial charge in [0.1, 0.15) is 58.2 Å². The van der Waals surface area contributed by atoms with Gasteiger partial charge >= 0.3 is 5.69 Å². The molecule has 0 radical (unpaired) electrons. The van der Waals surface area contributed by atoms with Crippen molar-refractivity contribution in [2.75, 3.05) is 167 Å². The molecule has 2 N–H and O–H groups in total. The molecule has 1 aromatic rings. The Morgan fingerprint density at radius 3 is 1.19 bits per heavy atom. The van der Waals surface area contributed by atoms with Gasteiger partial charge in [-0.2, -0.15) is 0 Å². The molecule has 1 aromatic heterocycles. The van der Waals surface area contributed by atoms with Crippen LogP contribution in [0.4, 0.5) is 17.3 Å². The van der Waals surface area contributed by atoms with Crippen LogP contribution in [-0.4, -0.2) is 190 Å². The molecule has 0 unspecified atom stereocenters. The second-order valence-corrected chi connectivity index (χ2v) is 14.4. The van der Waals surface area contributed by atoms with Gasteiger partial charge in [0.15, 0.2) is 0 Å². The Morgan fingerprint density at radius 1 is 0.571 bits per heavy atom. The molecule has 4 spiro atoms. The molecule has 0 aromatic carbocycles. The molecule has 13 heteroatoms. The zero-order valence-corrected chi connectivity index (χ0v) is 25.8. The third-order valence-corrected chi connectivity index (χ3v) is 12.4. The minimum Gasteiger partial charge on any atom is -0.339 e. The van der Waals surface area contributed by atoms with E-state index >= 15 is 0 Å². The Bertz CT molecular complexity index is 1050. The molecule has 6 fully saturated rings. The molecule has 6 aliphatic rings. The van der Waals surface area contributed by atoms with Crippen molar-refractivity contribution in [1.82, 2.24) is 20.6 Å². The van der Waals surface area contributed by atoms with E-state index in [2.05, 4.69) is 20.4 Å². The van der Waals surface area contributed by atoms with E-state index in [0.717, 1.165) is 87.5 Å². The number of nitrogens with one attached hydrogen (secondary N) is 2. The summed E-state index contributed by atoms with van der Waals surface area (Å²) in [5.74, 6) is 1.72. The maximum atomic E-state index is 12.6. The number of nitrogens with zero attached hydrogens (tertiary/aromatic N) is 9. The van der Waals surface area contributed by atoms with Gasteiger partial charge in [-0.1, -0.05) is 0 Å². The molecule has 6 aliphatic heterocycles. The third kappa shape index (κ3) is 5.36. The lowest BCUT2D eigenvalue weighted by Crippen LogP contribution is -2.73. The summed E-state index contributed by atoms with van der Waals surface area (Å²) in [6.45, 7) is 29.0. The van der Waals surface area contributed by atoms with E-state index in [4.69, 9.17) is 9.97 Å². The van der Waals surface area contributed by atoms with Crippen molar-refractivity contribution in [3.63, 3.8) is 0 Å². The molecule has 7 rings (SSSR count). The second kappa shape index (κ2) is 11.1. The van der Waals surface area contributed by atoms with Crippen molar-refractivity contribution >= 4 is 17.3 Å². The summed E-state index contributed by atoms with van der Waals surface area (Å²) in [6, 6.07) is 0. The fourth-order valence-electron chi connectivity index (χ4n) is 9.02. The number of nitro groups is 1. The number of anilines is 2. The van der Waals surface area contributed by atoms with E-state index in [-0.39, 0.29) is 10.6 Å². The van der Waals surface area contributed by atoms with Gasteiger partial charge in [0.25, 0.3) is 0 Å². The minimum atomic E-state index is -0.208. The van der Waals surface area contributed by atoms with Crippen LogP contribution in [0, 0.1) is 17.0 Å². The van der Waals surface area contributed by atoms with Crippen molar-refractivity contribution < 1.29 is 22.9 Å². The molecule has 0 saturated carbocycles. The fraction of sp³-hybridized carbons (Fsp3) is 0.862. The van der Waals surface area contributed by atoms with Crippen LogP contribution in [0.1, 0.15) is 5.82 Å². The number of rotatable bonds is 3. The number of piperazine rings is 6. The highest BCUT2D eigenvalue weighted by atomic mass is 16.6. The molecule has 7 heterocycles. The quantitative estimate of drug-likeness (QED) is 0.260. The predicted octanol–water partition coefficient (Wildman–Crippen LogP) is -1.17. The topological polar surface area (TPSA) is 99.5 Å². The largest absolute Gasteiger partial charge is 0.353 e. The first-order valence-corrected chi connectivity index (χ1v) is 16.7. The van der Waals surface area contributed by atoms with E-state index in [1.165, 1.54) is 87.5 Å². The SMILES string of the molecule is Cc1nc(N2CC[N+]3(CC2)CC[N+]2(CCNCC2)CC3)c([N+](=O)[O-])c(N2CC[N+]3(CC2)CC[N+]2(CCNCC2)CC3)n1. The molecule has 42 heavy (non-hydrogen) atoms. The van der Waals surface area contributed by atoms with E-state index in [1.54, 1.807) is 0 Å². The average molecular weight is 588 g/mol. The molecule has 0 bridgehead atoms. The van der Waals surface area contributed by atoms with Crippen molar-refractivity contribution in [1.29, 1.82) is 0 Å². The highest BCUT2D eigenvalue weighted by molar-refractivity contribution is 5.72. The van der Waals surface area contributed by atoms with Crippen molar-refractivity contribution in [2.24, 2.45) is 0 Å². The lowest BCUT2D eigenvalue weighted by atomic mass is 10.1. The number of hydrogen-bond acceptors (Lipinski definition) is 8. The fourth-order valence-corrected chi connectivity index (χ4v) is 9.02. The summed E-state index contributed by atoms with van der Waals surface area (Å²) in [6.07, 6.45) is 0. The lowest BCUT2D eigenvalue weighted by molar-refractivity contribution is -1.03. The monoisotopic (exact) mass is 587 g/mol. The lowest BCUT2D eigenvalue weighted by Gasteiger charge is -2.53. The first-order chi connectivity index (χ1) is 20.3. The predicted molar refractivity (Wildman–Crippen MR) is 163 cm³/mol. The van der Waals surface area contributed by atoms with Gasteiger partial charge in [0.05, 0.1) is 83.5 Å². The standard InChI is InChI=1S/C29H53N11O2/c1-26-32-28(34-6-14-39(15-7-34)22-18-37(19-23-39)10-2-30-3-11-37)27(36(41)42)29(33-26)35-8-16-40(17-9-35)24-20-38(21-25-40)12-4-31-5-13-38/h30-31H,2-25H2,1H3/q+4. The van der Waals surface area contributed by atoms with E-state index in [1.807, 2.05) is 6.92 Å². The van der Waals surface area contributed by atoms with Gasteiger partial charge in [0, 0.05) is 26.2 Å². The molecule has 0 atom stereocenters. The maximum Gasteiger partial charge on any atom is 0.353 e. The average Bonchev–Trinajstić information content (AvgIpc) is 3.02. The Hall–Kier alpha value is -2.16. The van der Waals surface area contributed by atoms with Crippen LogP contribution >= 0.6 is 0 Å². The normalized spacial score (nSPS) is 28.4. The summed E-state index contributed by atoms with van der Waals surface area (Å²) in [7, 11) is 0. The van der Waals surface area contributed by atoms with Crippen molar-refractivity contribution in [2.45, 2.75) is 6.92 Å². The summed E-state index contributed by atoms with van der Waals surface area (Å²) in [4.78, 5) is 26.3. The first-order valence-electron chi connectivity index (χ1n) is 16.7. The van der Waals surface area contributed by atoms with Crippen LogP contribution in [0.15, 0.2) is 0 Å². The molecule has 232 valence electrons. The summed E-state index contributed by atoms with van der Waals surface area (Å²) in [5, 5.41) is 19.7. The first kappa shape index (κ1) is 28.6. The zero-order chi connectivity index (χ0) is 28.8. The van der Waals surface area contributed by atoms with E-state index < -0.39 is 0 Å². The van der Waals surface area contributed by atoms with Crippen molar-refractivity contribution in [3.8, 4) is 0 Å². The highest BCUT2D eigenvalue weighted by Gasteiger charge is 2.47. The number of quaternary nitrogens is 4. The Labute approximate surface area is 250 Å². The zero-order valence-electron chi connectivity index (χ0n) is 25.8. The van der Waals surface area contributed by atoms with E-state index in [0.29, 0.717) is 17.5 Å². The second-order valence-electron chi connectivity index (χ2n) is 14.4. The molecule has 0 aliphatic carbocycles. The minimum absolute atomic E-state index is 0.121. The van der Waals surface area contributed by atoms with Crippen LogP contribution in [0.25, 0.3) is 0 Å². The molecule has 6 saturated heterocycles. The van der Waals surface area contributed by atoms with Crippen LogP contribution in [0.5, 0.6) is 0 Å². The van der Waals surface area contributed by atoms with Gasteiger partial charge in [-0.15, -0.1) is 0 Å². The summed E-state index contributed by atoms with van der Waals surface area (Å²) in [5.41, 5.74) is 0.121. The Kier molecular flexibility index (Phi) is 7.55. The van der Waals surface area contributed by atoms with Crippen LogP contribution < -0.4 is 20.4 Å². The van der Waals surface area contributed by atoms with Crippen LogP contribution in [0.2, 0.25) is 0 Å².